The van der Waals surface area contributed by atoms with Crippen LogP contribution in [0, 0.1) is 24.2 Å². The highest BCUT2D eigenvalue weighted by Crippen LogP contribution is 2.62. The van der Waals surface area contributed by atoms with Crippen LogP contribution in [0.25, 0.3) is 0 Å². The maximum atomic E-state index is 12.7. The second kappa shape index (κ2) is 5.18. The van der Waals surface area contributed by atoms with Crippen LogP contribution in [0.4, 0.5) is 5.82 Å². The summed E-state index contributed by atoms with van der Waals surface area (Å²) in [5, 5.41) is 12.1. The van der Waals surface area contributed by atoms with Crippen LogP contribution < -0.4 is 5.32 Å². The van der Waals surface area contributed by atoms with Gasteiger partial charge in [0.1, 0.15) is 5.82 Å². The van der Waals surface area contributed by atoms with Crippen molar-refractivity contribution in [1.29, 1.82) is 0 Å². The molecular weight excluding hydrogens is 290 g/mol. The highest BCUT2D eigenvalue weighted by molar-refractivity contribution is 5.78. The van der Waals surface area contributed by atoms with Crippen LogP contribution in [-0.4, -0.2) is 28.3 Å². The van der Waals surface area contributed by atoms with E-state index in [4.69, 9.17) is 4.74 Å². The summed E-state index contributed by atoms with van der Waals surface area (Å²) in [5.74, 6) is 2.12. The summed E-state index contributed by atoms with van der Waals surface area (Å²) in [7, 11) is 0. The van der Waals surface area contributed by atoms with E-state index in [9.17, 15) is 4.79 Å². The summed E-state index contributed by atoms with van der Waals surface area (Å²) in [6.07, 6.45) is 6.43. The normalized spacial score (nSPS) is 37.7. The number of carbonyl (C=O) groups is 1. The van der Waals surface area contributed by atoms with Gasteiger partial charge in [-0.1, -0.05) is 0 Å². The number of nitrogens with zero attached hydrogens (tertiary/aromatic N) is 2. The molecule has 0 aromatic carbocycles. The van der Waals surface area contributed by atoms with Crippen LogP contribution in [0.3, 0.4) is 0 Å². The molecule has 0 radical (unpaired) electrons. The molecule has 124 valence electrons. The maximum absolute atomic E-state index is 12.7. The number of aryl methyl sites for hydroxylation is 1. The van der Waals surface area contributed by atoms with E-state index in [1.54, 1.807) is 0 Å². The van der Waals surface area contributed by atoms with Gasteiger partial charge in [-0.15, -0.1) is 5.10 Å². The molecule has 0 aliphatic heterocycles. The van der Waals surface area contributed by atoms with Crippen molar-refractivity contribution in [3.05, 3.63) is 17.8 Å². The summed E-state index contributed by atoms with van der Waals surface area (Å²) in [4.78, 5) is 12.7. The lowest BCUT2D eigenvalue weighted by Gasteiger charge is -2.61. The third-order valence-corrected chi connectivity index (χ3v) is 5.96. The van der Waals surface area contributed by atoms with Crippen molar-refractivity contribution < 1.29 is 9.53 Å². The van der Waals surface area contributed by atoms with Gasteiger partial charge in [-0.3, -0.25) is 4.79 Å². The zero-order chi connectivity index (χ0) is 16.1. The molecule has 5 rings (SSSR count). The SMILES string of the molecule is CCOC(=O)C12CC3CC(CC(Nc4ccc(C)nn4)(C3)C1)C2. The Labute approximate surface area is 137 Å². The Morgan fingerprint density at radius 1 is 1.26 bits per heavy atom. The summed E-state index contributed by atoms with van der Waals surface area (Å²) < 4.78 is 5.44. The summed E-state index contributed by atoms with van der Waals surface area (Å²) >= 11 is 0. The van der Waals surface area contributed by atoms with Crippen molar-refractivity contribution in [3.8, 4) is 0 Å². The lowest BCUT2D eigenvalue weighted by Crippen LogP contribution is -2.61. The molecule has 2 unspecified atom stereocenters. The number of rotatable bonds is 4. The van der Waals surface area contributed by atoms with E-state index >= 15 is 0 Å². The Morgan fingerprint density at radius 2 is 2.00 bits per heavy atom. The van der Waals surface area contributed by atoms with Crippen LogP contribution in [0.2, 0.25) is 0 Å². The molecule has 0 spiro atoms. The molecule has 1 N–H and O–H groups in total. The zero-order valence-electron chi connectivity index (χ0n) is 14.0. The molecule has 5 nitrogen and oxygen atoms in total. The molecule has 5 heteroatoms. The molecule has 23 heavy (non-hydrogen) atoms. The van der Waals surface area contributed by atoms with Crippen LogP contribution in [0.1, 0.15) is 51.1 Å². The maximum Gasteiger partial charge on any atom is 0.312 e. The first kappa shape index (κ1) is 14.9. The Bertz CT molecular complexity index is 599. The van der Waals surface area contributed by atoms with E-state index in [-0.39, 0.29) is 16.9 Å². The lowest BCUT2D eigenvalue weighted by molar-refractivity contribution is -0.171. The molecule has 1 heterocycles. The number of esters is 1. The molecular formula is C18H25N3O2. The first-order valence-electron chi connectivity index (χ1n) is 8.78. The monoisotopic (exact) mass is 315 g/mol. The van der Waals surface area contributed by atoms with Crippen LogP contribution in [-0.2, 0) is 9.53 Å². The first-order valence-corrected chi connectivity index (χ1v) is 8.78. The Balaban J connectivity index is 1.61. The average molecular weight is 315 g/mol. The molecule has 1 aromatic rings. The van der Waals surface area contributed by atoms with E-state index in [0.717, 1.165) is 43.6 Å². The highest BCUT2D eigenvalue weighted by atomic mass is 16.5. The van der Waals surface area contributed by atoms with Crippen molar-refractivity contribution in [1.82, 2.24) is 10.2 Å². The van der Waals surface area contributed by atoms with Gasteiger partial charge >= 0.3 is 5.97 Å². The van der Waals surface area contributed by atoms with Gasteiger partial charge in [0, 0.05) is 5.54 Å². The Kier molecular flexibility index (Phi) is 3.36. The van der Waals surface area contributed by atoms with E-state index in [1.165, 1.54) is 6.42 Å². The van der Waals surface area contributed by atoms with Crippen molar-refractivity contribution >= 4 is 11.8 Å². The topological polar surface area (TPSA) is 64.1 Å². The molecule has 4 aliphatic rings. The smallest absolute Gasteiger partial charge is 0.312 e. The minimum Gasteiger partial charge on any atom is -0.466 e. The summed E-state index contributed by atoms with van der Waals surface area (Å²) in [6.45, 7) is 4.31. The quantitative estimate of drug-likeness (QED) is 0.865. The van der Waals surface area contributed by atoms with E-state index in [0.29, 0.717) is 18.4 Å². The van der Waals surface area contributed by atoms with E-state index in [2.05, 4.69) is 15.5 Å². The number of hydrogen-bond acceptors (Lipinski definition) is 5. The second-order valence-electron chi connectivity index (χ2n) is 7.93. The predicted molar refractivity (Wildman–Crippen MR) is 86.9 cm³/mol. The number of aromatic nitrogens is 2. The number of hydrogen-bond donors (Lipinski definition) is 1. The first-order chi connectivity index (χ1) is 11.0. The Hall–Kier alpha value is -1.65. The minimum atomic E-state index is -0.273. The molecule has 4 bridgehead atoms. The van der Waals surface area contributed by atoms with Gasteiger partial charge in [0.15, 0.2) is 0 Å². The van der Waals surface area contributed by atoms with Crippen LogP contribution in [0.5, 0.6) is 0 Å². The predicted octanol–water partition coefficient (Wildman–Crippen LogP) is 3.10. The van der Waals surface area contributed by atoms with Gasteiger partial charge in [0.2, 0.25) is 0 Å². The third kappa shape index (κ3) is 2.50. The number of carbonyl (C=O) groups excluding carboxylic acids is 1. The van der Waals surface area contributed by atoms with Crippen molar-refractivity contribution in [3.63, 3.8) is 0 Å². The van der Waals surface area contributed by atoms with Gasteiger partial charge in [-0.05, 0) is 76.3 Å². The van der Waals surface area contributed by atoms with Crippen molar-refractivity contribution in [2.75, 3.05) is 11.9 Å². The molecule has 1 aromatic heterocycles. The molecule has 2 atom stereocenters. The van der Waals surface area contributed by atoms with Crippen LogP contribution >= 0.6 is 0 Å². The fourth-order valence-corrected chi connectivity index (χ4v) is 5.67. The number of nitrogens with one attached hydrogen (secondary N) is 1. The van der Waals surface area contributed by atoms with Gasteiger partial charge < -0.3 is 10.1 Å². The van der Waals surface area contributed by atoms with Gasteiger partial charge in [-0.25, -0.2) is 0 Å². The molecule has 0 saturated heterocycles. The fourth-order valence-electron chi connectivity index (χ4n) is 5.67. The van der Waals surface area contributed by atoms with Gasteiger partial charge in [0.25, 0.3) is 0 Å². The van der Waals surface area contributed by atoms with E-state index in [1.807, 2.05) is 26.0 Å². The fraction of sp³-hybridized carbons (Fsp3) is 0.722. The third-order valence-electron chi connectivity index (χ3n) is 5.96. The Morgan fingerprint density at radius 3 is 2.61 bits per heavy atom. The largest absolute Gasteiger partial charge is 0.466 e. The zero-order valence-corrected chi connectivity index (χ0v) is 14.0. The highest BCUT2D eigenvalue weighted by Gasteiger charge is 2.61. The van der Waals surface area contributed by atoms with Crippen molar-refractivity contribution in [2.45, 2.75) is 57.9 Å². The average Bonchev–Trinajstić information content (AvgIpc) is 2.48. The van der Waals surface area contributed by atoms with Gasteiger partial charge in [0.05, 0.1) is 17.7 Å². The summed E-state index contributed by atoms with van der Waals surface area (Å²) in [6, 6.07) is 3.98. The molecule has 0 amide bonds. The van der Waals surface area contributed by atoms with Crippen molar-refractivity contribution in [2.24, 2.45) is 17.3 Å². The number of ether oxygens (including phenoxy) is 1. The molecule has 4 aliphatic carbocycles. The summed E-state index contributed by atoms with van der Waals surface area (Å²) in [5.41, 5.74) is 0.635. The van der Waals surface area contributed by atoms with E-state index < -0.39 is 0 Å². The lowest BCUT2D eigenvalue weighted by atomic mass is 9.47. The van der Waals surface area contributed by atoms with Crippen LogP contribution in [0.15, 0.2) is 12.1 Å². The molecule has 4 saturated carbocycles. The number of anilines is 1. The molecule has 4 fully saturated rings. The minimum absolute atomic E-state index is 0.0131. The standard InChI is InChI=1S/C18H25N3O2/c1-3-23-16(22)17-7-13-6-14(8-17)10-18(9-13,11-17)19-15-5-4-12(2)20-21-15/h4-5,13-14H,3,6-11H2,1-2H3,(H,19,21). The van der Waals surface area contributed by atoms with Gasteiger partial charge in [-0.2, -0.15) is 5.10 Å². The second-order valence-corrected chi connectivity index (χ2v) is 7.93.